The number of allylic oxidation sites excluding steroid dienone is 2. The maximum absolute atomic E-state index is 13.4. The van der Waals surface area contributed by atoms with E-state index in [0.717, 1.165) is 12.1 Å². The molecule has 0 atom stereocenters. The Morgan fingerprint density at radius 1 is 1.12 bits per heavy atom. The summed E-state index contributed by atoms with van der Waals surface area (Å²) in [6, 6.07) is 8.32. The Morgan fingerprint density at radius 3 is 2.25 bits per heavy atom. The van der Waals surface area contributed by atoms with Crippen LogP contribution in [0.5, 0.6) is 0 Å². The van der Waals surface area contributed by atoms with Crippen LogP contribution in [0.1, 0.15) is 21.5 Å². The quantitative estimate of drug-likeness (QED) is 0.377. The van der Waals surface area contributed by atoms with E-state index in [9.17, 15) is 18.0 Å². The van der Waals surface area contributed by atoms with Crippen LogP contribution in [-0.2, 0) is 0 Å². The van der Waals surface area contributed by atoms with Crippen LogP contribution in [0.4, 0.5) is 13.2 Å². The molecule has 0 aromatic heterocycles. The van der Waals surface area contributed by atoms with Crippen molar-refractivity contribution in [3.63, 3.8) is 0 Å². The number of hydrogen-bond donors (Lipinski definition) is 0. The van der Waals surface area contributed by atoms with Gasteiger partial charge in [-0.05, 0) is 48.4 Å². The minimum absolute atomic E-state index is 0.0544. The van der Waals surface area contributed by atoms with Crippen LogP contribution in [0.3, 0.4) is 0 Å². The fraction of sp³-hybridized carbons (Fsp3) is 0.118. The molecule has 0 fully saturated rings. The van der Waals surface area contributed by atoms with Gasteiger partial charge in [0.1, 0.15) is 0 Å². The molecule has 0 bridgehead atoms. The molecule has 0 aliphatic carbocycles. The predicted molar refractivity (Wildman–Crippen MR) is 93.7 cm³/mol. The van der Waals surface area contributed by atoms with E-state index in [4.69, 9.17) is 23.2 Å². The van der Waals surface area contributed by atoms with Gasteiger partial charge in [0.05, 0.1) is 5.57 Å². The number of carbonyl (C=O) groups is 1. The van der Waals surface area contributed by atoms with Crippen molar-refractivity contribution in [1.29, 1.82) is 0 Å². The maximum Gasteiger partial charge on any atom is 0.417 e. The molecule has 0 spiro atoms. The van der Waals surface area contributed by atoms with Crippen molar-refractivity contribution in [3.05, 3.63) is 73.7 Å². The maximum atomic E-state index is 13.4. The molecule has 126 valence electrons. The van der Waals surface area contributed by atoms with Crippen LogP contribution in [0.15, 0.2) is 46.9 Å². The largest absolute Gasteiger partial charge is 0.417 e. The molecule has 2 rings (SSSR count). The van der Waals surface area contributed by atoms with Crippen LogP contribution in [0, 0.1) is 6.92 Å². The third-order valence-electron chi connectivity index (χ3n) is 3.29. The number of hydrogen-bond acceptors (Lipinski definition) is 1. The monoisotopic (exact) mass is 436 g/mol. The second kappa shape index (κ2) is 7.30. The summed E-state index contributed by atoms with van der Waals surface area (Å²) < 4.78 is 40.9. The Hall–Kier alpha value is -1.30. The molecule has 0 heterocycles. The predicted octanol–water partition coefficient (Wildman–Crippen LogP) is 6.89. The summed E-state index contributed by atoms with van der Waals surface area (Å²) in [5.41, 5.74) is -0.624. The van der Waals surface area contributed by atoms with Crippen molar-refractivity contribution in [2.45, 2.75) is 13.1 Å². The molecule has 0 saturated heterocycles. The minimum atomic E-state index is -4.73. The van der Waals surface area contributed by atoms with Gasteiger partial charge in [0.15, 0.2) is 5.78 Å². The topological polar surface area (TPSA) is 17.1 Å². The summed E-state index contributed by atoms with van der Waals surface area (Å²) in [5, 5.41) is 0.109. The number of ketones is 1. The highest BCUT2D eigenvalue weighted by Gasteiger charge is 2.35. The Bertz CT molecular complexity index is 809. The number of rotatable bonds is 3. The molecule has 24 heavy (non-hydrogen) atoms. The van der Waals surface area contributed by atoms with Crippen molar-refractivity contribution in [2.75, 3.05) is 0 Å². The Kier molecular flexibility index (Phi) is 5.78. The lowest BCUT2D eigenvalue weighted by molar-refractivity contribution is -0.0689. The van der Waals surface area contributed by atoms with Gasteiger partial charge in [-0.1, -0.05) is 51.3 Å². The standard InChI is InChI=1S/C17H10BrCl2F3O/c1-9-13(3-2-4-15(9)18)16(24)8-14(17(21,22)23)10-5-11(19)7-12(20)6-10/h2-8H,1H3/b14-8+. The normalized spacial score (nSPS) is 12.4. The zero-order valence-corrected chi connectivity index (χ0v) is 15.3. The number of halogens is 6. The first kappa shape index (κ1) is 19.0. The van der Waals surface area contributed by atoms with Gasteiger partial charge >= 0.3 is 6.18 Å². The first-order valence-electron chi connectivity index (χ1n) is 6.64. The van der Waals surface area contributed by atoms with E-state index < -0.39 is 17.5 Å². The Balaban J connectivity index is 2.58. The van der Waals surface area contributed by atoms with E-state index in [0.29, 0.717) is 16.1 Å². The van der Waals surface area contributed by atoms with E-state index in [1.165, 1.54) is 12.1 Å². The van der Waals surface area contributed by atoms with Crippen molar-refractivity contribution in [2.24, 2.45) is 0 Å². The second-order valence-corrected chi connectivity index (χ2v) is 6.72. The fourth-order valence-corrected chi connectivity index (χ4v) is 3.01. The minimum Gasteiger partial charge on any atom is -0.289 e. The molecule has 7 heteroatoms. The highest BCUT2D eigenvalue weighted by Crippen LogP contribution is 2.36. The zero-order valence-electron chi connectivity index (χ0n) is 12.2. The molecule has 2 aromatic rings. The average molecular weight is 438 g/mol. The van der Waals surface area contributed by atoms with E-state index in [-0.39, 0.29) is 21.2 Å². The lowest BCUT2D eigenvalue weighted by Crippen LogP contribution is -2.13. The molecule has 0 radical (unpaired) electrons. The van der Waals surface area contributed by atoms with Crippen molar-refractivity contribution in [1.82, 2.24) is 0 Å². The summed E-state index contributed by atoms with van der Waals surface area (Å²) >= 11 is 14.8. The summed E-state index contributed by atoms with van der Waals surface area (Å²) in [5.74, 6) is -0.753. The Morgan fingerprint density at radius 2 is 1.71 bits per heavy atom. The van der Waals surface area contributed by atoms with Crippen molar-refractivity contribution < 1.29 is 18.0 Å². The summed E-state index contributed by atoms with van der Waals surface area (Å²) in [6.07, 6.45) is -4.17. The first-order chi connectivity index (χ1) is 11.1. The van der Waals surface area contributed by atoms with Crippen LogP contribution < -0.4 is 0 Å². The summed E-state index contributed by atoms with van der Waals surface area (Å²) in [7, 11) is 0. The molecule has 0 amide bonds. The van der Waals surface area contributed by atoms with Crippen molar-refractivity contribution >= 4 is 50.5 Å². The lowest BCUT2D eigenvalue weighted by atomic mass is 9.99. The molecule has 0 aliphatic heterocycles. The second-order valence-electron chi connectivity index (χ2n) is 4.99. The van der Waals surface area contributed by atoms with Crippen LogP contribution in [-0.4, -0.2) is 12.0 Å². The number of benzene rings is 2. The fourth-order valence-electron chi connectivity index (χ4n) is 2.12. The van der Waals surface area contributed by atoms with Gasteiger partial charge in [0.2, 0.25) is 0 Å². The number of carbonyl (C=O) groups excluding carboxylic acids is 1. The molecule has 2 aromatic carbocycles. The smallest absolute Gasteiger partial charge is 0.289 e. The lowest BCUT2D eigenvalue weighted by Gasteiger charge is -2.13. The number of alkyl halides is 3. The molecule has 0 saturated carbocycles. The molecule has 0 aliphatic rings. The molecular weight excluding hydrogens is 428 g/mol. The van der Waals surface area contributed by atoms with Gasteiger partial charge < -0.3 is 0 Å². The molecule has 0 unspecified atom stereocenters. The Labute approximate surface area is 155 Å². The van der Waals surface area contributed by atoms with E-state index in [1.54, 1.807) is 19.1 Å². The van der Waals surface area contributed by atoms with Crippen LogP contribution in [0.25, 0.3) is 5.57 Å². The van der Waals surface area contributed by atoms with Crippen molar-refractivity contribution in [3.8, 4) is 0 Å². The first-order valence-corrected chi connectivity index (χ1v) is 8.19. The van der Waals surface area contributed by atoms with Gasteiger partial charge in [-0.2, -0.15) is 13.2 Å². The highest BCUT2D eigenvalue weighted by atomic mass is 79.9. The van der Waals surface area contributed by atoms with Gasteiger partial charge in [-0.25, -0.2) is 0 Å². The van der Waals surface area contributed by atoms with Crippen LogP contribution >= 0.6 is 39.1 Å². The third-order valence-corrected chi connectivity index (χ3v) is 4.58. The van der Waals surface area contributed by atoms with E-state index in [2.05, 4.69) is 15.9 Å². The summed E-state index contributed by atoms with van der Waals surface area (Å²) in [6.45, 7) is 1.65. The van der Waals surface area contributed by atoms with Crippen LogP contribution in [0.2, 0.25) is 10.0 Å². The average Bonchev–Trinajstić information content (AvgIpc) is 2.45. The van der Waals surface area contributed by atoms with E-state index >= 15 is 0 Å². The summed E-state index contributed by atoms with van der Waals surface area (Å²) in [4.78, 5) is 12.4. The van der Waals surface area contributed by atoms with Gasteiger partial charge in [0, 0.05) is 20.1 Å². The molecule has 0 N–H and O–H groups in total. The highest BCUT2D eigenvalue weighted by molar-refractivity contribution is 9.10. The van der Waals surface area contributed by atoms with Gasteiger partial charge in [-0.3, -0.25) is 4.79 Å². The third kappa shape index (κ3) is 4.41. The zero-order chi connectivity index (χ0) is 18.1. The van der Waals surface area contributed by atoms with E-state index in [1.807, 2.05) is 0 Å². The SMILES string of the molecule is Cc1c(Br)cccc1C(=O)/C=C(\c1cc(Cl)cc(Cl)c1)C(F)(F)F. The molecular formula is C17H10BrCl2F3O. The van der Waals surface area contributed by atoms with Gasteiger partial charge in [0.25, 0.3) is 0 Å². The van der Waals surface area contributed by atoms with Gasteiger partial charge in [-0.15, -0.1) is 0 Å². The molecule has 1 nitrogen and oxygen atoms in total.